The SMILES string of the molecule is CN(C)C(C)(C)CNc1nc2ccc(Br)cn2n1. The van der Waals surface area contributed by atoms with Gasteiger partial charge in [0, 0.05) is 22.8 Å². The Morgan fingerprint density at radius 2 is 2.11 bits per heavy atom. The molecule has 5 nitrogen and oxygen atoms in total. The van der Waals surface area contributed by atoms with Crippen LogP contribution in [0.3, 0.4) is 0 Å². The number of likely N-dealkylation sites (N-methyl/N-ethyl adjacent to an activating group) is 1. The first-order valence-corrected chi connectivity index (χ1v) is 6.61. The molecule has 0 atom stereocenters. The highest BCUT2D eigenvalue weighted by molar-refractivity contribution is 9.10. The Kier molecular flexibility index (Phi) is 3.59. The zero-order valence-electron chi connectivity index (χ0n) is 11.1. The Morgan fingerprint density at radius 1 is 1.39 bits per heavy atom. The van der Waals surface area contributed by atoms with Crippen LogP contribution < -0.4 is 5.32 Å². The molecule has 0 saturated carbocycles. The number of hydrogen-bond donors (Lipinski definition) is 1. The highest BCUT2D eigenvalue weighted by Gasteiger charge is 2.20. The van der Waals surface area contributed by atoms with Gasteiger partial charge in [-0.2, -0.15) is 4.98 Å². The molecule has 0 fully saturated rings. The van der Waals surface area contributed by atoms with Gasteiger partial charge in [0.25, 0.3) is 0 Å². The van der Waals surface area contributed by atoms with Crippen LogP contribution >= 0.6 is 15.9 Å². The topological polar surface area (TPSA) is 45.5 Å². The van der Waals surface area contributed by atoms with E-state index in [1.807, 2.05) is 18.3 Å². The number of nitrogens with zero attached hydrogens (tertiary/aromatic N) is 4. The van der Waals surface area contributed by atoms with Crippen molar-refractivity contribution in [3.05, 3.63) is 22.8 Å². The van der Waals surface area contributed by atoms with Gasteiger partial charge in [-0.25, -0.2) is 4.52 Å². The Balaban J connectivity index is 2.13. The molecule has 98 valence electrons. The van der Waals surface area contributed by atoms with Gasteiger partial charge in [-0.3, -0.25) is 0 Å². The molecule has 0 aliphatic rings. The Morgan fingerprint density at radius 3 is 2.78 bits per heavy atom. The molecule has 18 heavy (non-hydrogen) atoms. The average Bonchev–Trinajstić information content (AvgIpc) is 2.68. The molecule has 2 aromatic rings. The van der Waals surface area contributed by atoms with Crippen molar-refractivity contribution in [2.24, 2.45) is 0 Å². The molecule has 0 aliphatic carbocycles. The zero-order chi connectivity index (χ0) is 13.3. The molecular formula is C12H18BrN5. The molecule has 0 bridgehead atoms. The van der Waals surface area contributed by atoms with E-state index in [0.29, 0.717) is 5.95 Å². The maximum absolute atomic E-state index is 4.42. The zero-order valence-corrected chi connectivity index (χ0v) is 12.7. The van der Waals surface area contributed by atoms with E-state index in [1.54, 1.807) is 4.52 Å². The standard InChI is InChI=1S/C12H18BrN5/c1-12(2,17(3)4)8-14-11-15-10-6-5-9(13)7-18(10)16-11/h5-7H,8H2,1-4H3,(H,14,16). The lowest BCUT2D eigenvalue weighted by atomic mass is 10.1. The second-order valence-corrected chi connectivity index (χ2v) is 6.06. The van der Waals surface area contributed by atoms with Gasteiger partial charge in [0.05, 0.1) is 0 Å². The van der Waals surface area contributed by atoms with Crippen molar-refractivity contribution in [1.82, 2.24) is 19.5 Å². The van der Waals surface area contributed by atoms with Crippen LogP contribution in [0, 0.1) is 0 Å². The van der Waals surface area contributed by atoms with Gasteiger partial charge >= 0.3 is 0 Å². The fraction of sp³-hybridized carbons (Fsp3) is 0.500. The van der Waals surface area contributed by atoms with Crippen LogP contribution in [0.2, 0.25) is 0 Å². The number of anilines is 1. The highest BCUT2D eigenvalue weighted by Crippen LogP contribution is 2.14. The van der Waals surface area contributed by atoms with Crippen molar-refractivity contribution in [3.8, 4) is 0 Å². The van der Waals surface area contributed by atoms with Crippen molar-refractivity contribution in [2.45, 2.75) is 19.4 Å². The summed E-state index contributed by atoms with van der Waals surface area (Å²) in [6.07, 6.45) is 1.89. The third kappa shape index (κ3) is 2.81. The maximum atomic E-state index is 4.42. The van der Waals surface area contributed by atoms with Crippen molar-refractivity contribution < 1.29 is 0 Å². The van der Waals surface area contributed by atoms with Crippen LogP contribution in [0.4, 0.5) is 5.95 Å². The molecule has 0 unspecified atom stereocenters. The minimum Gasteiger partial charge on any atom is -0.351 e. The van der Waals surface area contributed by atoms with Crippen LogP contribution in [0.25, 0.3) is 5.65 Å². The Labute approximate surface area is 115 Å². The molecule has 0 spiro atoms. The minimum atomic E-state index is 0.0536. The number of pyridine rings is 1. The van der Waals surface area contributed by atoms with Gasteiger partial charge in [-0.15, -0.1) is 5.10 Å². The number of hydrogen-bond acceptors (Lipinski definition) is 4. The van der Waals surface area contributed by atoms with E-state index in [9.17, 15) is 0 Å². The monoisotopic (exact) mass is 311 g/mol. The quantitative estimate of drug-likeness (QED) is 0.940. The van der Waals surface area contributed by atoms with Crippen molar-refractivity contribution >= 4 is 27.5 Å². The lowest BCUT2D eigenvalue weighted by Crippen LogP contribution is -2.44. The van der Waals surface area contributed by atoms with E-state index < -0.39 is 0 Å². The first-order chi connectivity index (χ1) is 8.38. The molecule has 0 amide bonds. The number of halogens is 1. The summed E-state index contributed by atoms with van der Waals surface area (Å²) in [4.78, 5) is 6.59. The summed E-state index contributed by atoms with van der Waals surface area (Å²) in [6, 6.07) is 3.89. The average molecular weight is 312 g/mol. The largest absolute Gasteiger partial charge is 0.351 e. The molecule has 6 heteroatoms. The Bertz CT molecular complexity index is 546. The highest BCUT2D eigenvalue weighted by atomic mass is 79.9. The molecule has 0 aromatic carbocycles. The minimum absolute atomic E-state index is 0.0536. The van der Waals surface area contributed by atoms with Crippen molar-refractivity contribution in [2.75, 3.05) is 26.0 Å². The summed E-state index contributed by atoms with van der Waals surface area (Å²) in [5.41, 5.74) is 0.890. The lowest BCUT2D eigenvalue weighted by molar-refractivity contribution is 0.210. The smallest absolute Gasteiger partial charge is 0.243 e. The van der Waals surface area contributed by atoms with Crippen LogP contribution in [0.15, 0.2) is 22.8 Å². The first kappa shape index (κ1) is 13.3. The van der Waals surface area contributed by atoms with Gasteiger partial charge in [0.2, 0.25) is 5.95 Å². The van der Waals surface area contributed by atoms with Crippen LogP contribution in [-0.4, -0.2) is 45.7 Å². The fourth-order valence-corrected chi connectivity index (χ4v) is 1.71. The third-order valence-corrected chi connectivity index (χ3v) is 3.65. The molecule has 2 heterocycles. The van der Waals surface area contributed by atoms with Crippen molar-refractivity contribution in [1.29, 1.82) is 0 Å². The van der Waals surface area contributed by atoms with Gasteiger partial charge in [-0.05, 0) is 56.0 Å². The first-order valence-electron chi connectivity index (χ1n) is 5.82. The van der Waals surface area contributed by atoms with Gasteiger partial charge in [-0.1, -0.05) is 0 Å². The van der Waals surface area contributed by atoms with E-state index in [1.165, 1.54) is 0 Å². The number of aromatic nitrogens is 3. The Hall–Kier alpha value is -1.14. The van der Waals surface area contributed by atoms with Gasteiger partial charge < -0.3 is 10.2 Å². The lowest BCUT2D eigenvalue weighted by Gasteiger charge is -2.32. The molecule has 0 radical (unpaired) electrons. The summed E-state index contributed by atoms with van der Waals surface area (Å²) in [5, 5.41) is 7.66. The summed E-state index contributed by atoms with van der Waals surface area (Å²) in [6.45, 7) is 5.14. The fourth-order valence-electron chi connectivity index (χ4n) is 1.39. The molecule has 1 N–H and O–H groups in total. The van der Waals surface area contributed by atoms with E-state index in [-0.39, 0.29) is 5.54 Å². The van der Waals surface area contributed by atoms with E-state index >= 15 is 0 Å². The predicted molar refractivity (Wildman–Crippen MR) is 76.9 cm³/mol. The predicted octanol–water partition coefficient (Wildman–Crippen LogP) is 2.24. The van der Waals surface area contributed by atoms with Crippen LogP contribution in [0.5, 0.6) is 0 Å². The summed E-state index contributed by atoms with van der Waals surface area (Å²) < 4.78 is 2.75. The summed E-state index contributed by atoms with van der Waals surface area (Å²) in [7, 11) is 4.13. The van der Waals surface area contributed by atoms with E-state index in [4.69, 9.17) is 0 Å². The molecule has 0 aliphatic heterocycles. The van der Waals surface area contributed by atoms with Crippen LogP contribution in [-0.2, 0) is 0 Å². The number of nitrogens with one attached hydrogen (secondary N) is 1. The third-order valence-electron chi connectivity index (χ3n) is 3.18. The molecule has 2 rings (SSSR count). The van der Waals surface area contributed by atoms with E-state index in [2.05, 4.69) is 64.2 Å². The summed E-state index contributed by atoms with van der Waals surface area (Å²) >= 11 is 3.42. The van der Waals surface area contributed by atoms with Crippen molar-refractivity contribution in [3.63, 3.8) is 0 Å². The number of rotatable bonds is 4. The second-order valence-electron chi connectivity index (χ2n) is 5.15. The van der Waals surface area contributed by atoms with Crippen LogP contribution in [0.1, 0.15) is 13.8 Å². The van der Waals surface area contributed by atoms with Gasteiger partial charge in [0.15, 0.2) is 5.65 Å². The maximum Gasteiger partial charge on any atom is 0.243 e. The van der Waals surface area contributed by atoms with E-state index in [0.717, 1.165) is 16.7 Å². The van der Waals surface area contributed by atoms with Gasteiger partial charge in [0.1, 0.15) is 0 Å². The molecule has 0 saturated heterocycles. The molecular weight excluding hydrogens is 294 g/mol. The molecule has 2 aromatic heterocycles. The summed E-state index contributed by atoms with van der Waals surface area (Å²) in [5.74, 6) is 0.656. The second kappa shape index (κ2) is 4.85. The number of fused-ring (bicyclic) bond motifs is 1. The normalized spacial score (nSPS) is 12.3.